The van der Waals surface area contributed by atoms with Crippen molar-refractivity contribution in [2.24, 2.45) is 12.0 Å². The first-order chi connectivity index (χ1) is 15.0. The SMILES string of the molecule is CCS(=O)(=O)c1cc(-c2ncc(C#N)cn2)cnc1C(=O)N=c1sc(C(F)(F)F)nn1C. The molecular weight excluding hydrogens is 471 g/mol. The first kappa shape index (κ1) is 23.2. The summed E-state index contributed by atoms with van der Waals surface area (Å²) >= 11 is 0.128. The molecule has 3 aromatic rings. The van der Waals surface area contributed by atoms with Crippen LogP contribution in [0.4, 0.5) is 13.2 Å². The molecule has 0 N–H and O–H groups in total. The molecule has 0 spiro atoms. The van der Waals surface area contributed by atoms with E-state index in [0.29, 0.717) is 0 Å². The number of carbonyl (C=O) groups is 1. The molecule has 0 radical (unpaired) electrons. The molecule has 0 aliphatic heterocycles. The van der Waals surface area contributed by atoms with Crippen LogP contribution in [0.5, 0.6) is 0 Å². The third kappa shape index (κ3) is 4.70. The minimum absolute atomic E-state index is 0.0590. The normalized spacial score (nSPS) is 12.6. The van der Waals surface area contributed by atoms with Crippen LogP contribution in [0.2, 0.25) is 0 Å². The van der Waals surface area contributed by atoms with Gasteiger partial charge in [0.1, 0.15) is 11.8 Å². The highest BCUT2D eigenvalue weighted by Crippen LogP contribution is 2.29. The van der Waals surface area contributed by atoms with E-state index >= 15 is 0 Å². The fourth-order valence-corrected chi connectivity index (χ4v) is 4.16. The number of amides is 1. The maximum atomic E-state index is 12.8. The second kappa shape index (κ2) is 8.55. The number of rotatable bonds is 4. The van der Waals surface area contributed by atoms with Crippen LogP contribution in [0.3, 0.4) is 0 Å². The summed E-state index contributed by atoms with van der Waals surface area (Å²) in [4.78, 5) is 27.2. The smallest absolute Gasteiger partial charge is 0.265 e. The van der Waals surface area contributed by atoms with Gasteiger partial charge in [-0.3, -0.25) is 4.79 Å². The Bertz CT molecular complexity index is 1400. The van der Waals surface area contributed by atoms with E-state index in [1.807, 2.05) is 6.07 Å². The van der Waals surface area contributed by atoms with E-state index in [4.69, 9.17) is 5.26 Å². The number of nitrogens with zero attached hydrogens (tertiary/aromatic N) is 7. The van der Waals surface area contributed by atoms with Gasteiger partial charge >= 0.3 is 6.18 Å². The fraction of sp³-hybridized carbons (Fsp3) is 0.235. The lowest BCUT2D eigenvalue weighted by molar-refractivity contribution is -0.138. The van der Waals surface area contributed by atoms with Crippen molar-refractivity contribution in [3.05, 3.63) is 45.7 Å². The molecule has 0 fully saturated rings. The average Bonchev–Trinajstić information content (AvgIpc) is 3.14. The van der Waals surface area contributed by atoms with E-state index in [2.05, 4.69) is 25.0 Å². The topological polar surface area (TPSA) is 144 Å². The summed E-state index contributed by atoms with van der Waals surface area (Å²) in [6, 6.07) is 2.97. The number of nitriles is 1. The number of halogens is 3. The van der Waals surface area contributed by atoms with E-state index in [9.17, 15) is 26.4 Å². The van der Waals surface area contributed by atoms with Gasteiger partial charge in [0.15, 0.2) is 15.7 Å². The Morgan fingerprint density at radius 3 is 2.44 bits per heavy atom. The zero-order valence-corrected chi connectivity index (χ0v) is 18.0. The van der Waals surface area contributed by atoms with Crippen molar-refractivity contribution in [2.45, 2.75) is 18.0 Å². The molecule has 3 rings (SSSR count). The van der Waals surface area contributed by atoms with Crippen LogP contribution >= 0.6 is 11.3 Å². The molecule has 0 saturated heterocycles. The van der Waals surface area contributed by atoms with Gasteiger partial charge in [0.05, 0.1) is 16.2 Å². The van der Waals surface area contributed by atoms with Crippen LogP contribution in [0.15, 0.2) is 34.5 Å². The Morgan fingerprint density at radius 1 is 1.25 bits per heavy atom. The highest BCUT2D eigenvalue weighted by Gasteiger charge is 2.35. The summed E-state index contributed by atoms with van der Waals surface area (Å²) in [5.74, 6) is -1.47. The largest absolute Gasteiger partial charge is 0.445 e. The lowest BCUT2D eigenvalue weighted by Gasteiger charge is -2.08. The van der Waals surface area contributed by atoms with Crippen LogP contribution < -0.4 is 4.80 Å². The van der Waals surface area contributed by atoms with Crippen LogP contribution in [-0.2, 0) is 23.1 Å². The third-order valence-corrected chi connectivity index (χ3v) is 6.74. The van der Waals surface area contributed by atoms with Crippen LogP contribution in [-0.4, -0.2) is 44.8 Å². The third-order valence-electron chi connectivity index (χ3n) is 3.95. The Morgan fingerprint density at radius 2 is 1.91 bits per heavy atom. The van der Waals surface area contributed by atoms with E-state index in [1.165, 1.54) is 26.4 Å². The van der Waals surface area contributed by atoms with Crippen LogP contribution in [0.1, 0.15) is 28.0 Å². The Labute approximate surface area is 182 Å². The predicted octanol–water partition coefficient (Wildman–Crippen LogP) is 1.76. The molecule has 3 aromatic heterocycles. The second-order valence-electron chi connectivity index (χ2n) is 6.11. The number of aromatic nitrogens is 5. The van der Waals surface area contributed by atoms with Crippen molar-refractivity contribution in [3.63, 3.8) is 0 Å². The van der Waals surface area contributed by atoms with Gasteiger partial charge in [0.2, 0.25) is 9.81 Å². The molecule has 3 heterocycles. The second-order valence-corrected chi connectivity index (χ2v) is 9.31. The Hall–Kier alpha value is -3.51. The molecule has 0 aliphatic rings. The van der Waals surface area contributed by atoms with Gasteiger partial charge in [0.25, 0.3) is 5.91 Å². The number of sulfone groups is 1. The molecule has 166 valence electrons. The van der Waals surface area contributed by atoms with Gasteiger partial charge in [-0.15, -0.1) is 0 Å². The maximum Gasteiger partial charge on any atom is 0.445 e. The van der Waals surface area contributed by atoms with E-state index in [0.717, 1.165) is 16.9 Å². The molecular formula is C17H12F3N7O3S2. The summed E-state index contributed by atoms with van der Waals surface area (Å²) in [5.41, 5.74) is -0.226. The van der Waals surface area contributed by atoms with Gasteiger partial charge < -0.3 is 0 Å². The van der Waals surface area contributed by atoms with Gasteiger partial charge in [-0.1, -0.05) is 18.3 Å². The zero-order valence-electron chi connectivity index (χ0n) is 16.3. The molecule has 0 saturated carbocycles. The molecule has 0 unspecified atom stereocenters. The standard InChI is InChI=1S/C17H12F3N7O3S2/c1-3-32(29,30)11-4-10(13-23-6-9(5-21)7-24-13)8-22-12(11)14(28)25-16-27(2)26-15(31-16)17(18,19)20/h4,6-8H,3H2,1-2H3. The summed E-state index contributed by atoms with van der Waals surface area (Å²) in [6.07, 6.45) is -1.14. The number of pyridine rings is 1. The summed E-state index contributed by atoms with van der Waals surface area (Å²) in [6.45, 7) is 1.35. The van der Waals surface area contributed by atoms with Gasteiger partial charge in [-0.2, -0.15) is 28.5 Å². The minimum Gasteiger partial charge on any atom is -0.265 e. The number of hydrogen-bond donors (Lipinski definition) is 0. The van der Waals surface area contributed by atoms with E-state index < -0.39 is 37.5 Å². The molecule has 15 heteroatoms. The van der Waals surface area contributed by atoms with Crippen molar-refractivity contribution in [1.29, 1.82) is 5.26 Å². The first-order valence-corrected chi connectivity index (χ1v) is 11.1. The summed E-state index contributed by atoms with van der Waals surface area (Å²) < 4.78 is 64.5. The highest BCUT2D eigenvalue weighted by atomic mass is 32.2. The van der Waals surface area contributed by atoms with Gasteiger partial charge in [-0.25, -0.2) is 28.1 Å². The van der Waals surface area contributed by atoms with Crippen LogP contribution in [0.25, 0.3) is 11.4 Å². The molecule has 0 atom stereocenters. The molecule has 0 bridgehead atoms. The molecule has 0 aliphatic carbocycles. The molecule has 10 nitrogen and oxygen atoms in total. The average molecular weight is 483 g/mol. The van der Waals surface area contributed by atoms with Gasteiger partial charge in [0, 0.05) is 31.2 Å². The van der Waals surface area contributed by atoms with Crippen molar-refractivity contribution < 1.29 is 26.4 Å². The molecule has 0 aromatic carbocycles. The summed E-state index contributed by atoms with van der Waals surface area (Å²) in [5, 5.41) is 10.9. The molecule has 1 amide bonds. The van der Waals surface area contributed by atoms with Crippen molar-refractivity contribution in [1.82, 2.24) is 24.7 Å². The van der Waals surface area contributed by atoms with Gasteiger partial charge in [-0.05, 0) is 6.07 Å². The quantitative estimate of drug-likeness (QED) is 0.546. The minimum atomic E-state index is -4.73. The number of aryl methyl sites for hydroxylation is 1. The lowest BCUT2D eigenvalue weighted by atomic mass is 10.2. The van der Waals surface area contributed by atoms with Crippen molar-refractivity contribution in [3.8, 4) is 17.5 Å². The maximum absolute atomic E-state index is 12.8. The fourth-order valence-electron chi connectivity index (χ4n) is 2.36. The summed E-state index contributed by atoms with van der Waals surface area (Å²) in [7, 11) is -2.82. The van der Waals surface area contributed by atoms with Crippen LogP contribution in [0, 0.1) is 11.3 Å². The van der Waals surface area contributed by atoms with E-state index in [1.54, 1.807) is 0 Å². The molecule has 32 heavy (non-hydrogen) atoms. The number of hydrogen-bond acceptors (Lipinski definition) is 9. The van der Waals surface area contributed by atoms with Crippen molar-refractivity contribution >= 4 is 27.1 Å². The Balaban J connectivity index is 2.13. The monoisotopic (exact) mass is 483 g/mol. The zero-order chi connectivity index (χ0) is 23.7. The van der Waals surface area contributed by atoms with E-state index in [-0.39, 0.29) is 38.8 Å². The lowest BCUT2D eigenvalue weighted by Crippen LogP contribution is -2.18. The Kier molecular flexibility index (Phi) is 6.19. The number of alkyl halides is 3. The highest BCUT2D eigenvalue weighted by molar-refractivity contribution is 7.91. The predicted molar refractivity (Wildman–Crippen MR) is 104 cm³/mol. The van der Waals surface area contributed by atoms with Crippen molar-refractivity contribution in [2.75, 3.05) is 5.75 Å². The number of carbonyl (C=O) groups excluding carboxylic acids is 1. The first-order valence-electron chi connectivity index (χ1n) is 8.62.